The molecule has 84 valence electrons. The minimum absolute atomic E-state index is 0.317. The minimum Gasteiger partial charge on any atom is -0.316 e. The highest BCUT2D eigenvalue weighted by Gasteiger charge is 2.15. The van der Waals surface area contributed by atoms with Crippen molar-refractivity contribution in [3.8, 4) is 0 Å². The van der Waals surface area contributed by atoms with Crippen LogP contribution < -0.4 is 5.73 Å². The van der Waals surface area contributed by atoms with E-state index in [-0.39, 0.29) is 6.04 Å². The molecule has 0 radical (unpaired) electrons. The summed E-state index contributed by atoms with van der Waals surface area (Å²) in [6.45, 7) is 4.77. The second-order valence-electron chi connectivity index (χ2n) is 3.67. The van der Waals surface area contributed by atoms with Crippen molar-refractivity contribution < 1.29 is 0 Å². The van der Waals surface area contributed by atoms with Gasteiger partial charge in [-0.25, -0.2) is 9.97 Å². The Bertz CT molecular complexity index is 459. The molecular weight excluding hydrogens is 202 g/mol. The van der Waals surface area contributed by atoms with Gasteiger partial charge in [0, 0.05) is 25.1 Å². The lowest BCUT2D eigenvalue weighted by atomic mass is 10.2. The van der Waals surface area contributed by atoms with Crippen molar-refractivity contribution in [1.29, 1.82) is 0 Å². The highest BCUT2D eigenvalue weighted by atomic mass is 15.3. The van der Waals surface area contributed by atoms with Gasteiger partial charge in [-0.05, 0) is 25.5 Å². The number of rotatable bonds is 3. The third kappa shape index (κ3) is 1.94. The molecule has 0 saturated carbocycles. The van der Waals surface area contributed by atoms with E-state index in [0.717, 1.165) is 17.8 Å². The van der Waals surface area contributed by atoms with Crippen LogP contribution in [0.25, 0.3) is 0 Å². The Kier molecular flexibility index (Phi) is 2.96. The number of hydrogen-bond acceptors (Lipinski definition) is 4. The van der Waals surface area contributed by atoms with E-state index in [9.17, 15) is 0 Å². The topological polar surface area (TPSA) is 69.6 Å². The van der Waals surface area contributed by atoms with Crippen LogP contribution in [0.2, 0.25) is 0 Å². The molecule has 5 nitrogen and oxygen atoms in total. The molecule has 0 bridgehead atoms. The molecule has 0 aromatic carbocycles. The van der Waals surface area contributed by atoms with Crippen LogP contribution in [0.4, 0.5) is 0 Å². The normalized spacial score (nSPS) is 12.7. The maximum Gasteiger partial charge on any atom is 0.151 e. The Hall–Kier alpha value is -1.75. The first kappa shape index (κ1) is 10.8. The SMILES string of the molecule is CCn1nccc1C(N)c1ncc(C)cn1. The summed E-state index contributed by atoms with van der Waals surface area (Å²) in [5.74, 6) is 0.626. The van der Waals surface area contributed by atoms with Gasteiger partial charge >= 0.3 is 0 Å². The van der Waals surface area contributed by atoms with E-state index >= 15 is 0 Å². The number of nitrogens with zero attached hydrogens (tertiary/aromatic N) is 4. The van der Waals surface area contributed by atoms with Crippen LogP contribution in [0.15, 0.2) is 24.7 Å². The second-order valence-corrected chi connectivity index (χ2v) is 3.67. The Labute approximate surface area is 94.3 Å². The van der Waals surface area contributed by atoms with Gasteiger partial charge in [-0.2, -0.15) is 5.10 Å². The van der Waals surface area contributed by atoms with Crippen LogP contribution in [-0.2, 0) is 6.54 Å². The maximum atomic E-state index is 6.10. The first-order chi connectivity index (χ1) is 7.72. The molecule has 2 aromatic rings. The number of aromatic nitrogens is 4. The van der Waals surface area contributed by atoms with E-state index in [0.29, 0.717) is 5.82 Å². The molecular formula is C11H15N5. The molecule has 0 amide bonds. The van der Waals surface area contributed by atoms with Crippen molar-refractivity contribution in [1.82, 2.24) is 19.7 Å². The Morgan fingerprint density at radius 3 is 2.69 bits per heavy atom. The first-order valence-corrected chi connectivity index (χ1v) is 5.28. The second kappa shape index (κ2) is 4.40. The van der Waals surface area contributed by atoms with Gasteiger partial charge in [-0.15, -0.1) is 0 Å². The average Bonchev–Trinajstić information content (AvgIpc) is 2.77. The molecule has 0 aliphatic carbocycles. The number of nitrogens with two attached hydrogens (primary N) is 1. The Morgan fingerprint density at radius 1 is 1.38 bits per heavy atom. The van der Waals surface area contributed by atoms with Gasteiger partial charge in [0.1, 0.15) is 6.04 Å². The largest absolute Gasteiger partial charge is 0.316 e. The van der Waals surface area contributed by atoms with Gasteiger partial charge in [0.2, 0.25) is 0 Å². The van der Waals surface area contributed by atoms with Crippen LogP contribution in [0, 0.1) is 6.92 Å². The fourth-order valence-corrected chi connectivity index (χ4v) is 1.57. The fraction of sp³-hybridized carbons (Fsp3) is 0.364. The Balaban J connectivity index is 2.31. The van der Waals surface area contributed by atoms with Crippen LogP contribution >= 0.6 is 0 Å². The quantitative estimate of drug-likeness (QED) is 0.834. The van der Waals surface area contributed by atoms with E-state index in [1.807, 2.05) is 24.6 Å². The van der Waals surface area contributed by atoms with Crippen molar-refractivity contribution in [2.45, 2.75) is 26.4 Å². The summed E-state index contributed by atoms with van der Waals surface area (Å²) in [5.41, 5.74) is 8.07. The molecule has 0 aliphatic heterocycles. The summed E-state index contributed by atoms with van der Waals surface area (Å²) in [6.07, 6.45) is 5.29. The molecule has 0 fully saturated rings. The smallest absolute Gasteiger partial charge is 0.151 e. The minimum atomic E-state index is -0.317. The van der Waals surface area contributed by atoms with Crippen LogP contribution in [-0.4, -0.2) is 19.7 Å². The van der Waals surface area contributed by atoms with Gasteiger partial charge < -0.3 is 5.73 Å². The monoisotopic (exact) mass is 217 g/mol. The molecule has 16 heavy (non-hydrogen) atoms. The standard InChI is InChI=1S/C11H15N5/c1-3-16-9(4-5-15-16)10(12)11-13-6-8(2)7-14-11/h4-7,10H,3,12H2,1-2H3. The average molecular weight is 217 g/mol. The molecule has 2 heterocycles. The molecule has 5 heteroatoms. The highest BCUT2D eigenvalue weighted by Crippen LogP contribution is 2.15. The molecule has 2 aromatic heterocycles. The van der Waals surface area contributed by atoms with E-state index < -0.39 is 0 Å². The lowest BCUT2D eigenvalue weighted by molar-refractivity contribution is 0.589. The number of hydrogen-bond donors (Lipinski definition) is 1. The lowest BCUT2D eigenvalue weighted by Crippen LogP contribution is -2.19. The molecule has 1 unspecified atom stereocenters. The van der Waals surface area contributed by atoms with Crippen LogP contribution in [0.3, 0.4) is 0 Å². The van der Waals surface area contributed by atoms with Gasteiger partial charge in [0.15, 0.2) is 5.82 Å². The summed E-state index contributed by atoms with van der Waals surface area (Å²) in [7, 11) is 0. The Morgan fingerprint density at radius 2 is 2.06 bits per heavy atom. The lowest BCUT2D eigenvalue weighted by Gasteiger charge is -2.11. The highest BCUT2D eigenvalue weighted by molar-refractivity contribution is 5.16. The third-order valence-electron chi connectivity index (χ3n) is 2.45. The molecule has 0 aliphatic rings. The maximum absolute atomic E-state index is 6.10. The summed E-state index contributed by atoms with van der Waals surface area (Å²) in [5, 5.41) is 4.18. The van der Waals surface area contributed by atoms with Crippen molar-refractivity contribution in [2.24, 2.45) is 5.73 Å². The molecule has 0 saturated heterocycles. The third-order valence-corrected chi connectivity index (χ3v) is 2.45. The zero-order valence-corrected chi connectivity index (χ0v) is 9.46. The van der Waals surface area contributed by atoms with Crippen molar-refractivity contribution in [3.63, 3.8) is 0 Å². The van der Waals surface area contributed by atoms with Crippen molar-refractivity contribution >= 4 is 0 Å². The van der Waals surface area contributed by atoms with Gasteiger partial charge in [0.05, 0.1) is 5.69 Å². The first-order valence-electron chi connectivity index (χ1n) is 5.28. The zero-order valence-electron chi connectivity index (χ0n) is 9.46. The van der Waals surface area contributed by atoms with Gasteiger partial charge in [-0.3, -0.25) is 4.68 Å². The predicted octanol–water partition coefficient (Wildman–Crippen LogP) is 1.05. The van der Waals surface area contributed by atoms with Crippen LogP contribution in [0.5, 0.6) is 0 Å². The molecule has 0 spiro atoms. The molecule has 2 rings (SSSR count). The summed E-state index contributed by atoms with van der Waals surface area (Å²) in [4.78, 5) is 8.46. The molecule has 2 N–H and O–H groups in total. The van der Waals surface area contributed by atoms with Crippen molar-refractivity contribution in [3.05, 3.63) is 41.7 Å². The fourth-order valence-electron chi connectivity index (χ4n) is 1.57. The summed E-state index contributed by atoms with van der Waals surface area (Å²) in [6, 6.07) is 1.58. The van der Waals surface area contributed by atoms with Gasteiger partial charge in [0.25, 0.3) is 0 Å². The predicted molar refractivity (Wildman–Crippen MR) is 60.7 cm³/mol. The number of aryl methyl sites for hydroxylation is 2. The van der Waals surface area contributed by atoms with E-state index in [1.54, 1.807) is 18.6 Å². The van der Waals surface area contributed by atoms with Gasteiger partial charge in [-0.1, -0.05) is 0 Å². The molecule has 1 atom stereocenters. The van der Waals surface area contributed by atoms with E-state index in [1.165, 1.54) is 0 Å². The van der Waals surface area contributed by atoms with Crippen LogP contribution in [0.1, 0.15) is 30.0 Å². The van der Waals surface area contributed by atoms with E-state index in [4.69, 9.17) is 5.73 Å². The van der Waals surface area contributed by atoms with E-state index in [2.05, 4.69) is 15.1 Å². The summed E-state index contributed by atoms with van der Waals surface area (Å²) >= 11 is 0. The van der Waals surface area contributed by atoms with Crippen molar-refractivity contribution in [2.75, 3.05) is 0 Å². The zero-order chi connectivity index (χ0) is 11.5. The summed E-state index contributed by atoms with van der Waals surface area (Å²) < 4.78 is 1.86.